The molecule has 0 saturated heterocycles. The Balaban J connectivity index is 2.28. The lowest BCUT2D eigenvalue weighted by Crippen LogP contribution is -2.23. The van der Waals surface area contributed by atoms with Gasteiger partial charge in [0.05, 0.1) is 12.2 Å². The lowest BCUT2D eigenvalue weighted by atomic mass is 9.89. The zero-order chi connectivity index (χ0) is 11.1. The third-order valence-corrected chi connectivity index (χ3v) is 3.30. The third-order valence-electron chi connectivity index (χ3n) is 2.61. The van der Waals surface area contributed by atoms with Crippen molar-refractivity contribution < 1.29 is 9.84 Å². The van der Waals surface area contributed by atoms with Gasteiger partial charge in [-0.2, -0.15) is 0 Å². The van der Waals surface area contributed by atoms with E-state index in [9.17, 15) is 5.11 Å². The summed E-state index contributed by atoms with van der Waals surface area (Å²) in [5, 5.41) is 9.82. The monoisotopic (exact) mass is 270 g/mol. The molecule has 1 N–H and O–H groups in total. The molecule has 2 nitrogen and oxygen atoms in total. The second-order valence-electron chi connectivity index (χ2n) is 4.68. The minimum atomic E-state index is -0.648. The number of fused-ring (bicyclic) bond motifs is 1. The van der Waals surface area contributed by atoms with Gasteiger partial charge in [0.1, 0.15) is 5.75 Å². The Kier molecular flexibility index (Phi) is 2.77. The van der Waals surface area contributed by atoms with Gasteiger partial charge in [-0.1, -0.05) is 22.0 Å². The van der Waals surface area contributed by atoms with Crippen LogP contribution in [0.2, 0.25) is 0 Å². The SMILES string of the molecule is CC(C)(O)CC1COc2cccc(Br)c21. The average Bonchev–Trinajstić information content (AvgIpc) is 2.47. The molecule has 15 heavy (non-hydrogen) atoms. The molecule has 1 heterocycles. The number of aliphatic hydroxyl groups is 1. The number of hydrogen-bond donors (Lipinski definition) is 1. The fourth-order valence-electron chi connectivity index (χ4n) is 2.08. The topological polar surface area (TPSA) is 29.5 Å². The molecule has 0 radical (unpaired) electrons. The predicted octanol–water partition coefficient (Wildman–Crippen LogP) is 3.09. The summed E-state index contributed by atoms with van der Waals surface area (Å²) in [6.45, 7) is 4.34. The molecule has 1 unspecified atom stereocenters. The Morgan fingerprint density at radius 3 is 2.93 bits per heavy atom. The Morgan fingerprint density at radius 1 is 1.53 bits per heavy atom. The fourth-order valence-corrected chi connectivity index (χ4v) is 2.75. The van der Waals surface area contributed by atoms with Crippen molar-refractivity contribution >= 4 is 15.9 Å². The van der Waals surface area contributed by atoms with E-state index in [0.717, 1.165) is 16.6 Å². The largest absolute Gasteiger partial charge is 0.493 e. The summed E-state index contributed by atoms with van der Waals surface area (Å²) in [6, 6.07) is 5.96. The summed E-state index contributed by atoms with van der Waals surface area (Å²) in [6.07, 6.45) is 0.725. The molecule has 0 aliphatic carbocycles. The van der Waals surface area contributed by atoms with E-state index in [1.165, 1.54) is 5.56 Å². The highest BCUT2D eigenvalue weighted by Gasteiger charge is 2.30. The first-order valence-electron chi connectivity index (χ1n) is 5.11. The van der Waals surface area contributed by atoms with E-state index in [4.69, 9.17) is 4.74 Å². The van der Waals surface area contributed by atoms with E-state index in [2.05, 4.69) is 15.9 Å². The molecule has 0 bridgehead atoms. The van der Waals surface area contributed by atoms with Crippen LogP contribution in [-0.2, 0) is 0 Å². The second kappa shape index (κ2) is 3.80. The van der Waals surface area contributed by atoms with Crippen molar-refractivity contribution in [3.05, 3.63) is 28.2 Å². The minimum Gasteiger partial charge on any atom is -0.493 e. The van der Waals surface area contributed by atoms with Crippen LogP contribution in [0.4, 0.5) is 0 Å². The highest BCUT2D eigenvalue weighted by atomic mass is 79.9. The van der Waals surface area contributed by atoms with E-state index >= 15 is 0 Å². The molecule has 0 fully saturated rings. The first-order chi connectivity index (χ1) is 6.97. The highest BCUT2D eigenvalue weighted by molar-refractivity contribution is 9.10. The van der Waals surface area contributed by atoms with Crippen LogP contribution >= 0.6 is 15.9 Å². The Bertz CT molecular complexity index is 368. The predicted molar refractivity (Wildman–Crippen MR) is 63.3 cm³/mol. The zero-order valence-corrected chi connectivity index (χ0v) is 10.5. The smallest absolute Gasteiger partial charge is 0.124 e. The first-order valence-corrected chi connectivity index (χ1v) is 5.90. The van der Waals surface area contributed by atoms with E-state index in [0.29, 0.717) is 6.61 Å². The molecule has 3 heteroatoms. The van der Waals surface area contributed by atoms with Gasteiger partial charge in [-0.15, -0.1) is 0 Å². The summed E-state index contributed by atoms with van der Waals surface area (Å²) < 4.78 is 6.67. The quantitative estimate of drug-likeness (QED) is 0.895. The van der Waals surface area contributed by atoms with Crippen molar-refractivity contribution in [2.75, 3.05) is 6.61 Å². The molecule has 1 aromatic rings. The van der Waals surface area contributed by atoms with Crippen LogP contribution in [0.1, 0.15) is 31.7 Å². The Morgan fingerprint density at radius 2 is 2.27 bits per heavy atom. The molecule has 1 aliphatic rings. The molecule has 2 rings (SSSR count). The molecule has 82 valence electrons. The normalized spacial score (nSPS) is 19.9. The Labute approximate surface area is 98.4 Å². The van der Waals surface area contributed by atoms with Crippen LogP contribution in [0.3, 0.4) is 0 Å². The number of benzene rings is 1. The number of hydrogen-bond acceptors (Lipinski definition) is 2. The van der Waals surface area contributed by atoms with Gasteiger partial charge in [-0.25, -0.2) is 0 Å². The van der Waals surface area contributed by atoms with Crippen LogP contribution in [-0.4, -0.2) is 17.3 Å². The number of rotatable bonds is 2. The number of halogens is 1. The van der Waals surface area contributed by atoms with E-state index in [1.807, 2.05) is 32.0 Å². The molecule has 0 saturated carbocycles. The fraction of sp³-hybridized carbons (Fsp3) is 0.500. The highest BCUT2D eigenvalue weighted by Crippen LogP contribution is 2.42. The van der Waals surface area contributed by atoms with Gasteiger partial charge in [0.2, 0.25) is 0 Å². The summed E-state index contributed by atoms with van der Waals surface area (Å²) in [4.78, 5) is 0. The third kappa shape index (κ3) is 2.34. The molecule has 1 aliphatic heterocycles. The van der Waals surface area contributed by atoms with Gasteiger partial charge >= 0.3 is 0 Å². The van der Waals surface area contributed by atoms with Crippen molar-refractivity contribution in [1.82, 2.24) is 0 Å². The minimum absolute atomic E-state index is 0.288. The van der Waals surface area contributed by atoms with E-state index in [1.54, 1.807) is 0 Å². The molecule has 0 amide bonds. The lowest BCUT2D eigenvalue weighted by Gasteiger charge is -2.21. The van der Waals surface area contributed by atoms with Crippen LogP contribution < -0.4 is 4.74 Å². The Hall–Kier alpha value is -0.540. The van der Waals surface area contributed by atoms with Crippen molar-refractivity contribution in [3.63, 3.8) is 0 Å². The van der Waals surface area contributed by atoms with Gasteiger partial charge in [0.25, 0.3) is 0 Å². The molecular weight excluding hydrogens is 256 g/mol. The first kappa shape index (κ1) is 11.0. The number of ether oxygens (including phenoxy) is 1. The lowest BCUT2D eigenvalue weighted by molar-refractivity contribution is 0.0602. The standard InChI is InChI=1S/C12H15BrO2/c1-12(2,14)6-8-7-15-10-5-3-4-9(13)11(8)10/h3-5,8,14H,6-7H2,1-2H3. The molecule has 1 aromatic carbocycles. The maximum Gasteiger partial charge on any atom is 0.124 e. The van der Waals surface area contributed by atoms with Crippen molar-refractivity contribution in [2.45, 2.75) is 31.8 Å². The van der Waals surface area contributed by atoms with Gasteiger partial charge in [-0.3, -0.25) is 0 Å². The molecule has 0 aromatic heterocycles. The van der Waals surface area contributed by atoms with Crippen molar-refractivity contribution in [3.8, 4) is 5.75 Å². The van der Waals surface area contributed by atoms with Gasteiger partial charge in [-0.05, 0) is 32.4 Å². The molecular formula is C12H15BrO2. The van der Waals surface area contributed by atoms with Crippen molar-refractivity contribution in [2.24, 2.45) is 0 Å². The second-order valence-corrected chi connectivity index (χ2v) is 5.53. The maximum atomic E-state index is 9.82. The van der Waals surface area contributed by atoms with E-state index < -0.39 is 5.60 Å². The van der Waals surface area contributed by atoms with Gasteiger partial charge in [0.15, 0.2) is 0 Å². The molecule has 0 spiro atoms. The molecule has 1 atom stereocenters. The van der Waals surface area contributed by atoms with Crippen molar-refractivity contribution in [1.29, 1.82) is 0 Å². The summed E-state index contributed by atoms with van der Waals surface area (Å²) in [7, 11) is 0. The van der Waals surface area contributed by atoms with Crippen LogP contribution in [0, 0.1) is 0 Å². The average molecular weight is 271 g/mol. The zero-order valence-electron chi connectivity index (χ0n) is 8.96. The summed E-state index contributed by atoms with van der Waals surface area (Å²) >= 11 is 3.53. The van der Waals surface area contributed by atoms with Gasteiger partial charge in [0, 0.05) is 16.0 Å². The van der Waals surface area contributed by atoms with Crippen LogP contribution in [0.25, 0.3) is 0 Å². The van der Waals surface area contributed by atoms with Crippen LogP contribution in [0.5, 0.6) is 5.75 Å². The summed E-state index contributed by atoms with van der Waals surface area (Å²) in [5.74, 6) is 1.23. The van der Waals surface area contributed by atoms with E-state index in [-0.39, 0.29) is 5.92 Å². The maximum absolute atomic E-state index is 9.82. The summed E-state index contributed by atoms with van der Waals surface area (Å²) in [5.41, 5.74) is 0.546. The van der Waals surface area contributed by atoms with Crippen LogP contribution in [0.15, 0.2) is 22.7 Å². The van der Waals surface area contributed by atoms with Gasteiger partial charge < -0.3 is 9.84 Å².